The van der Waals surface area contributed by atoms with E-state index in [1.807, 2.05) is 18.5 Å². The third-order valence-corrected chi connectivity index (χ3v) is 2.47. The lowest BCUT2D eigenvalue weighted by atomic mass is 10.0. The van der Waals surface area contributed by atoms with Crippen LogP contribution in [0.15, 0.2) is 6.33 Å². The summed E-state index contributed by atoms with van der Waals surface area (Å²) in [4.78, 5) is 15.1. The maximum atomic E-state index is 10.9. The molecule has 0 aliphatic carbocycles. The zero-order valence-corrected chi connectivity index (χ0v) is 10.7. The third kappa shape index (κ3) is 4.52. The first kappa shape index (κ1) is 13.6. The average Bonchev–Trinajstić information content (AvgIpc) is 2.61. The van der Waals surface area contributed by atoms with Crippen LogP contribution in [0.5, 0.6) is 0 Å². The summed E-state index contributed by atoms with van der Waals surface area (Å²) in [5, 5.41) is 7.41. The van der Waals surface area contributed by atoms with Gasteiger partial charge in [0, 0.05) is 18.5 Å². The Labute approximate surface area is 102 Å². The molecule has 0 unspecified atom stereocenters. The molecule has 0 atom stereocenters. The Morgan fingerprint density at radius 2 is 2.29 bits per heavy atom. The molecule has 0 aliphatic heterocycles. The molecule has 0 bridgehead atoms. The highest BCUT2D eigenvalue weighted by molar-refractivity contribution is 5.74. The van der Waals surface area contributed by atoms with Gasteiger partial charge < -0.3 is 11.1 Å². The standard InChI is InChI=1S/C11H21N5O/c1-4-5-16-10(13-8-15-16)7-14-11(2,3)6-9(12)17/h8,14H,4-7H2,1-3H3,(H2,12,17). The molecule has 3 N–H and O–H groups in total. The number of aromatic nitrogens is 3. The van der Waals surface area contributed by atoms with Crippen LogP contribution in [0, 0.1) is 0 Å². The van der Waals surface area contributed by atoms with Gasteiger partial charge in [0.05, 0.1) is 6.54 Å². The second-order valence-corrected chi connectivity index (χ2v) is 4.78. The maximum Gasteiger partial charge on any atom is 0.219 e. The van der Waals surface area contributed by atoms with Crippen molar-refractivity contribution in [2.75, 3.05) is 0 Å². The van der Waals surface area contributed by atoms with Crippen LogP contribution in [0.4, 0.5) is 0 Å². The fourth-order valence-corrected chi connectivity index (χ4v) is 1.64. The van der Waals surface area contributed by atoms with Crippen LogP contribution >= 0.6 is 0 Å². The van der Waals surface area contributed by atoms with Crippen LogP contribution in [0.3, 0.4) is 0 Å². The predicted octanol–water partition coefficient (Wildman–Crippen LogP) is 0.432. The molecule has 0 fully saturated rings. The van der Waals surface area contributed by atoms with Crippen molar-refractivity contribution in [3.63, 3.8) is 0 Å². The fraction of sp³-hybridized carbons (Fsp3) is 0.727. The number of nitrogens with zero attached hydrogens (tertiary/aromatic N) is 3. The van der Waals surface area contributed by atoms with Gasteiger partial charge in [-0.1, -0.05) is 6.92 Å². The van der Waals surface area contributed by atoms with Crippen LogP contribution < -0.4 is 11.1 Å². The summed E-state index contributed by atoms with van der Waals surface area (Å²) in [7, 11) is 0. The maximum absolute atomic E-state index is 10.9. The molecule has 0 saturated heterocycles. The highest BCUT2D eigenvalue weighted by atomic mass is 16.1. The molecular weight excluding hydrogens is 218 g/mol. The summed E-state index contributed by atoms with van der Waals surface area (Å²) in [6.07, 6.45) is 2.86. The summed E-state index contributed by atoms with van der Waals surface area (Å²) < 4.78 is 1.87. The number of nitrogens with two attached hydrogens (primary N) is 1. The minimum atomic E-state index is -0.325. The number of rotatable bonds is 7. The fourth-order valence-electron chi connectivity index (χ4n) is 1.64. The topological polar surface area (TPSA) is 85.8 Å². The minimum absolute atomic E-state index is 0.301. The molecule has 6 heteroatoms. The number of carbonyl (C=O) groups is 1. The molecular formula is C11H21N5O. The van der Waals surface area contributed by atoms with Gasteiger partial charge in [0.15, 0.2) is 0 Å². The summed E-state index contributed by atoms with van der Waals surface area (Å²) in [5.41, 5.74) is 4.87. The van der Waals surface area contributed by atoms with Crippen molar-refractivity contribution in [1.82, 2.24) is 20.1 Å². The largest absolute Gasteiger partial charge is 0.370 e. The Morgan fingerprint density at radius 1 is 1.59 bits per heavy atom. The molecule has 1 rings (SSSR count). The van der Waals surface area contributed by atoms with E-state index in [9.17, 15) is 4.79 Å². The quantitative estimate of drug-likeness (QED) is 0.722. The molecule has 0 saturated carbocycles. The average molecular weight is 239 g/mol. The molecule has 1 aromatic rings. The highest BCUT2D eigenvalue weighted by Gasteiger charge is 2.20. The normalized spacial score (nSPS) is 11.7. The third-order valence-electron chi connectivity index (χ3n) is 2.47. The van der Waals surface area contributed by atoms with E-state index in [-0.39, 0.29) is 11.4 Å². The van der Waals surface area contributed by atoms with Crippen molar-refractivity contribution in [3.05, 3.63) is 12.2 Å². The Kier molecular flexibility index (Phi) is 4.62. The van der Waals surface area contributed by atoms with Crippen LogP contribution in [0.1, 0.15) is 39.4 Å². The summed E-state index contributed by atoms with van der Waals surface area (Å²) in [6.45, 7) is 7.42. The van der Waals surface area contributed by atoms with Gasteiger partial charge in [-0.25, -0.2) is 9.67 Å². The molecule has 1 heterocycles. The first-order valence-electron chi connectivity index (χ1n) is 5.84. The van der Waals surface area contributed by atoms with E-state index in [2.05, 4.69) is 22.3 Å². The molecule has 17 heavy (non-hydrogen) atoms. The Balaban J connectivity index is 2.54. The zero-order valence-electron chi connectivity index (χ0n) is 10.7. The molecule has 96 valence electrons. The molecule has 1 amide bonds. The lowest BCUT2D eigenvalue weighted by Gasteiger charge is -2.24. The van der Waals surface area contributed by atoms with Crippen LogP contribution in [-0.2, 0) is 17.9 Å². The van der Waals surface area contributed by atoms with Crippen LogP contribution in [0.25, 0.3) is 0 Å². The summed E-state index contributed by atoms with van der Waals surface area (Å²) >= 11 is 0. The van der Waals surface area contributed by atoms with Gasteiger partial charge in [0.2, 0.25) is 5.91 Å². The van der Waals surface area contributed by atoms with E-state index in [4.69, 9.17) is 5.73 Å². The second kappa shape index (κ2) is 5.77. The van der Waals surface area contributed by atoms with E-state index in [0.717, 1.165) is 18.8 Å². The molecule has 0 aromatic carbocycles. The number of hydrogen-bond donors (Lipinski definition) is 2. The number of carbonyl (C=O) groups excluding carboxylic acids is 1. The van der Waals surface area contributed by atoms with Crippen molar-refractivity contribution in [2.24, 2.45) is 5.73 Å². The number of nitrogens with one attached hydrogen (secondary N) is 1. The zero-order chi connectivity index (χ0) is 12.9. The molecule has 6 nitrogen and oxygen atoms in total. The van der Waals surface area contributed by atoms with Crippen molar-refractivity contribution >= 4 is 5.91 Å². The van der Waals surface area contributed by atoms with Crippen molar-refractivity contribution in [2.45, 2.75) is 52.2 Å². The van der Waals surface area contributed by atoms with Crippen LogP contribution in [-0.4, -0.2) is 26.2 Å². The van der Waals surface area contributed by atoms with E-state index in [0.29, 0.717) is 13.0 Å². The van der Waals surface area contributed by atoms with Gasteiger partial charge in [-0.2, -0.15) is 5.10 Å². The summed E-state index contributed by atoms with van der Waals surface area (Å²) in [6, 6.07) is 0. The van der Waals surface area contributed by atoms with Gasteiger partial charge >= 0.3 is 0 Å². The number of hydrogen-bond acceptors (Lipinski definition) is 4. The van der Waals surface area contributed by atoms with E-state index >= 15 is 0 Å². The number of aryl methyl sites for hydroxylation is 1. The monoisotopic (exact) mass is 239 g/mol. The van der Waals surface area contributed by atoms with E-state index < -0.39 is 0 Å². The van der Waals surface area contributed by atoms with Gasteiger partial charge in [-0.15, -0.1) is 0 Å². The molecule has 0 spiro atoms. The predicted molar refractivity (Wildman–Crippen MR) is 65.0 cm³/mol. The van der Waals surface area contributed by atoms with Gasteiger partial charge in [0.25, 0.3) is 0 Å². The lowest BCUT2D eigenvalue weighted by Crippen LogP contribution is -2.42. The number of amides is 1. The van der Waals surface area contributed by atoms with Gasteiger partial charge in [0.1, 0.15) is 12.2 Å². The first-order valence-corrected chi connectivity index (χ1v) is 5.84. The smallest absolute Gasteiger partial charge is 0.219 e. The minimum Gasteiger partial charge on any atom is -0.370 e. The Morgan fingerprint density at radius 3 is 2.88 bits per heavy atom. The summed E-state index contributed by atoms with van der Waals surface area (Å²) in [5.74, 6) is 0.571. The SMILES string of the molecule is CCCn1ncnc1CNC(C)(C)CC(N)=O. The Hall–Kier alpha value is -1.43. The van der Waals surface area contributed by atoms with E-state index in [1.165, 1.54) is 0 Å². The van der Waals surface area contributed by atoms with Gasteiger partial charge in [-0.05, 0) is 20.3 Å². The lowest BCUT2D eigenvalue weighted by molar-refractivity contribution is -0.119. The van der Waals surface area contributed by atoms with Gasteiger partial charge in [-0.3, -0.25) is 4.79 Å². The molecule has 1 aromatic heterocycles. The van der Waals surface area contributed by atoms with Crippen molar-refractivity contribution < 1.29 is 4.79 Å². The molecule has 0 radical (unpaired) electrons. The number of primary amides is 1. The highest BCUT2D eigenvalue weighted by Crippen LogP contribution is 2.08. The Bertz CT molecular complexity index is 372. The first-order chi connectivity index (χ1) is 7.94. The second-order valence-electron chi connectivity index (χ2n) is 4.78. The molecule has 0 aliphatic rings. The van der Waals surface area contributed by atoms with Crippen molar-refractivity contribution in [1.29, 1.82) is 0 Å². The van der Waals surface area contributed by atoms with Crippen molar-refractivity contribution in [3.8, 4) is 0 Å². The van der Waals surface area contributed by atoms with E-state index in [1.54, 1.807) is 6.33 Å². The van der Waals surface area contributed by atoms with Crippen LogP contribution in [0.2, 0.25) is 0 Å².